The first kappa shape index (κ1) is 15.0. The Morgan fingerprint density at radius 3 is 2.62 bits per heavy atom. The van der Waals surface area contributed by atoms with Crippen LogP contribution in [-0.4, -0.2) is 22.9 Å². The third-order valence-electron chi connectivity index (χ3n) is 3.40. The zero-order chi connectivity index (χ0) is 15.6. The number of nitrogens with zero attached hydrogens (tertiary/aromatic N) is 2. The minimum Gasteiger partial charge on any atom is -0.467 e. The molecule has 21 heavy (non-hydrogen) atoms. The third kappa shape index (κ3) is 3.02. The van der Waals surface area contributed by atoms with Gasteiger partial charge in [-0.05, 0) is 38.5 Å². The van der Waals surface area contributed by atoms with E-state index in [1.807, 2.05) is 32.0 Å². The molecule has 2 rings (SSSR count). The monoisotopic (exact) mass is 286 g/mol. The van der Waals surface area contributed by atoms with E-state index in [2.05, 4.69) is 9.84 Å². The number of esters is 1. The second kappa shape index (κ2) is 5.91. The SMILES string of the molecule is COC(=O)[C@@H](C)n1nc(-c2cc(C)ccc2C)ccc1=O. The van der Waals surface area contributed by atoms with Crippen LogP contribution in [0.1, 0.15) is 24.1 Å². The fourth-order valence-electron chi connectivity index (χ4n) is 2.13. The van der Waals surface area contributed by atoms with Gasteiger partial charge < -0.3 is 4.74 Å². The van der Waals surface area contributed by atoms with Gasteiger partial charge in [-0.1, -0.05) is 17.7 Å². The summed E-state index contributed by atoms with van der Waals surface area (Å²) < 4.78 is 5.83. The Balaban J connectivity index is 2.55. The van der Waals surface area contributed by atoms with Crippen molar-refractivity contribution in [1.82, 2.24) is 9.78 Å². The standard InChI is InChI=1S/C16H18N2O3/c1-10-5-6-11(2)13(9-10)14-7-8-15(19)18(17-14)12(3)16(20)21-4/h5-9,12H,1-4H3/t12-/m1/s1. The average molecular weight is 286 g/mol. The van der Waals surface area contributed by atoms with Crippen LogP contribution in [-0.2, 0) is 9.53 Å². The van der Waals surface area contributed by atoms with Gasteiger partial charge in [0.25, 0.3) is 5.56 Å². The normalized spacial score (nSPS) is 12.0. The number of aromatic nitrogens is 2. The summed E-state index contributed by atoms with van der Waals surface area (Å²) in [6.07, 6.45) is 0. The second-order valence-electron chi connectivity index (χ2n) is 5.02. The summed E-state index contributed by atoms with van der Waals surface area (Å²) in [5.74, 6) is -0.497. The molecule has 5 heteroatoms. The summed E-state index contributed by atoms with van der Waals surface area (Å²) in [6, 6.07) is 8.37. The van der Waals surface area contributed by atoms with Gasteiger partial charge in [-0.25, -0.2) is 9.48 Å². The van der Waals surface area contributed by atoms with Crippen LogP contribution in [0.2, 0.25) is 0 Å². The van der Waals surface area contributed by atoms with E-state index in [0.717, 1.165) is 21.4 Å². The maximum atomic E-state index is 11.9. The second-order valence-corrected chi connectivity index (χ2v) is 5.02. The molecule has 0 bridgehead atoms. The van der Waals surface area contributed by atoms with Gasteiger partial charge in [0, 0.05) is 11.6 Å². The van der Waals surface area contributed by atoms with E-state index in [-0.39, 0.29) is 5.56 Å². The summed E-state index contributed by atoms with van der Waals surface area (Å²) in [7, 11) is 1.29. The number of hydrogen-bond acceptors (Lipinski definition) is 4. The number of carbonyl (C=O) groups is 1. The predicted octanol–water partition coefficient (Wildman–Crippen LogP) is 2.26. The number of benzene rings is 1. The van der Waals surface area contributed by atoms with Crippen LogP contribution in [0, 0.1) is 13.8 Å². The van der Waals surface area contributed by atoms with Crippen LogP contribution in [0.25, 0.3) is 11.3 Å². The van der Waals surface area contributed by atoms with Gasteiger partial charge >= 0.3 is 5.97 Å². The Morgan fingerprint density at radius 1 is 1.24 bits per heavy atom. The average Bonchev–Trinajstić information content (AvgIpc) is 2.49. The summed E-state index contributed by atoms with van der Waals surface area (Å²) in [5.41, 5.74) is 3.44. The molecule has 0 fully saturated rings. The van der Waals surface area contributed by atoms with Gasteiger partial charge in [0.2, 0.25) is 0 Å². The van der Waals surface area contributed by atoms with Crippen molar-refractivity contribution in [3.05, 3.63) is 51.8 Å². The van der Waals surface area contributed by atoms with Gasteiger partial charge in [0.05, 0.1) is 12.8 Å². The molecule has 0 amide bonds. The van der Waals surface area contributed by atoms with Crippen molar-refractivity contribution in [3.8, 4) is 11.3 Å². The van der Waals surface area contributed by atoms with Crippen LogP contribution in [0.3, 0.4) is 0 Å². The van der Waals surface area contributed by atoms with E-state index < -0.39 is 12.0 Å². The van der Waals surface area contributed by atoms with Gasteiger partial charge in [0.15, 0.2) is 6.04 Å². The van der Waals surface area contributed by atoms with Crippen LogP contribution in [0.4, 0.5) is 0 Å². The number of hydrogen-bond donors (Lipinski definition) is 0. The molecule has 0 spiro atoms. The zero-order valence-corrected chi connectivity index (χ0v) is 12.6. The summed E-state index contributed by atoms with van der Waals surface area (Å²) in [6.45, 7) is 5.57. The third-order valence-corrected chi connectivity index (χ3v) is 3.40. The van der Waals surface area contributed by atoms with Gasteiger partial charge in [-0.15, -0.1) is 0 Å². The Morgan fingerprint density at radius 2 is 1.95 bits per heavy atom. The van der Waals surface area contributed by atoms with Gasteiger partial charge in [-0.2, -0.15) is 5.10 Å². The molecule has 0 aliphatic carbocycles. The lowest BCUT2D eigenvalue weighted by atomic mass is 10.0. The Kier molecular flexibility index (Phi) is 4.21. The largest absolute Gasteiger partial charge is 0.467 e. The van der Waals surface area contributed by atoms with Crippen molar-refractivity contribution in [2.45, 2.75) is 26.8 Å². The molecule has 1 heterocycles. The van der Waals surface area contributed by atoms with Crippen LogP contribution in [0.5, 0.6) is 0 Å². The number of carbonyl (C=O) groups excluding carboxylic acids is 1. The molecule has 0 aliphatic heterocycles. The highest BCUT2D eigenvalue weighted by Gasteiger charge is 2.18. The number of ether oxygens (including phenoxy) is 1. The van der Waals surface area contributed by atoms with E-state index in [1.54, 1.807) is 13.0 Å². The molecule has 110 valence electrons. The summed E-state index contributed by atoms with van der Waals surface area (Å²) in [4.78, 5) is 23.5. The Hall–Kier alpha value is -2.43. The number of rotatable bonds is 3. The highest BCUT2D eigenvalue weighted by Crippen LogP contribution is 2.22. The summed E-state index contributed by atoms with van der Waals surface area (Å²) >= 11 is 0. The van der Waals surface area contributed by atoms with E-state index >= 15 is 0 Å². The predicted molar refractivity (Wildman–Crippen MR) is 80.1 cm³/mol. The molecule has 0 unspecified atom stereocenters. The van der Waals surface area contributed by atoms with Crippen molar-refractivity contribution >= 4 is 5.97 Å². The van der Waals surface area contributed by atoms with Crippen molar-refractivity contribution in [2.75, 3.05) is 7.11 Å². The molecule has 5 nitrogen and oxygen atoms in total. The maximum Gasteiger partial charge on any atom is 0.330 e. The number of methoxy groups -OCH3 is 1. The quantitative estimate of drug-likeness (QED) is 0.812. The molecule has 0 aliphatic rings. The first-order valence-corrected chi connectivity index (χ1v) is 6.69. The molecule has 1 aromatic carbocycles. The van der Waals surface area contributed by atoms with Crippen molar-refractivity contribution in [2.24, 2.45) is 0 Å². The molecular formula is C16H18N2O3. The molecular weight excluding hydrogens is 268 g/mol. The fourth-order valence-corrected chi connectivity index (χ4v) is 2.13. The van der Waals surface area contributed by atoms with E-state index in [4.69, 9.17) is 0 Å². The first-order chi connectivity index (χ1) is 9.93. The first-order valence-electron chi connectivity index (χ1n) is 6.69. The highest BCUT2D eigenvalue weighted by atomic mass is 16.5. The molecule has 2 aromatic rings. The molecule has 1 atom stereocenters. The number of aryl methyl sites for hydroxylation is 2. The maximum absolute atomic E-state index is 11.9. The zero-order valence-electron chi connectivity index (χ0n) is 12.6. The van der Waals surface area contributed by atoms with Crippen LogP contribution < -0.4 is 5.56 Å². The summed E-state index contributed by atoms with van der Waals surface area (Å²) in [5, 5.41) is 4.32. The lowest BCUT2D eigenvalue weighted by molar-refractivity contribution is -0.144. The lowest BCUT2D eigenvalue weighted by Crippen LogP contribution is -2.30. The van der Waals surface area contributed by atoms with Crippen molar-refractivity contribution in [1.29, 1.82) is 0 Å². The lowest BCUT2D eigenvalue weighted by Gasteiger charge is -2.13. The molecule has 0 N–H and O–H groups in total. The smallest absolute Gasteiger partial charge is 0.330 e. The van der Waals surface area contributed by atoms with Crippen LogP contribution >= 0.6 is 0 Å². The highest BCUT2D eigenvalue weighted by molar-refractivity contribution is 5.73. The molecule has 0 saturated carbocycles. The van der Waals surface area contributed by atoms with Crippen LogP contribution in [0.15, 0.2) is 35.1 Å². The fraction of sp³-hybridized carbons (Fsp3) is 0.312. The minimum absolute atomic E-state index is 0.332. The van der Waals surface area contributed by atoms with Crippen molar-refractivity contribution in [3.63, 3.8) is 0 Å². The Labute approximate surface area is 123 Å². The Bertz CT molecular complexity index is 735. The van der Waals surface area contributed by atoms with Gasteiger partial charge in [-0.3, -0.25) is 4.79 Å². The van der Waals surface area contributed by atoms with E-state index in [0.29, 0.717) is 5.69 Å². The molecule has 0 radical (unpaired) electrons. The minimum atomic E-state index is -0.757. The van der Waals surface area contributed by atoms with E-state index in [9.17, 15) is 9.59 Å². The van der Waals surface area contributed by atoms with Gasteiger partial charge in [0.1, 0.15) is 0 Å². The molecule has 1 aromatic heterocycles. The van der Waals surface area contributed by atoms with Crippen molar-refractivity contribution < 1.29 is 9.53 Å². The topological polar surface area (TPSA) is 61.2 Å². The van der Waals surface area contributed by atoms with E-state index in [1.165, 1.54) is 13.2 Å². The molecule has 0 saturated heterocycles.